The molecule has 1 aromatic heterocycles. The molecule has 0 aliphatic carbocycles. The molecule has 0 bridgehead atoms. The maximum absolute atomic E-state index is 6.41. The van der Waals surface area contributed by atoms with Crippen molar-refractivity contribution >= 4 is 60.5 Å². The van der Waals surface area contributed by atoms with Crippen molar-refractivity contribution in [2.45, 2.75) is 0 Å². The molecule has 0 amide bonds. The van der Waals surface area contributed by atoms with Crippen molar-refractivity contribution in [1.82, 2.24) is 4.98 Å². The van der Waals surface area contributed by atoms with Gasteiger partial charge in [-0.2, -0.15) is 0 Å². The summed E-state index contributed by atoms with van der Waals surface area (Å²) in [4.78, 5) is 7.31. The smallest absolute Gasteiger partial charge is 0.227 e. The molecular weight excluding hydrogens is 705 g/mol. The molecule has 0 aliphatic heterocycles. The average molecular weight is 741 g/mol. The predicted molar refractivity (Wildman–Crippen MR) is 243 cm³/mol. The highest BCUT2D eigenvalue weighted by Gasteiger charge is 2.18. The van der Waals surface area contributed by atoms with Crippen molar-refractivity contribution in [3.63, 3.8) is 0 Å². The zero-order chi connectivity index (χ0) is 38.4. The van der Waals surface area contributed by atoms with E-state index in [-0.39, 0.29) is 0 Å². The number of nitrogens with zero attached hydrogens (tertiary/aromatic N) is 2. The highest BCUT2D eigenvalue weighted by Crippen LogP contribution is 2.42. The van der Waals surface area contributed by atoms with Crippen LogP contribution in [0.3, 0.4) is 0 Å². The Hall–Kier alpha value is -7.75. The molecule has 0 aliphatic rings. The molecule has 10 aromatic carbocycles. The standard InChI is InChI=1S/C55H36N2O/c1-3-14-37(15-4-1)41-19-13-20-45(34-41)57(43-30-26-38(27-31-43)51-35-42-18-7-8-21-46(42)47-22-9-10-23-48(47)51)44-32-28-39(29-33-44)52-36-53-54(50-25-12-11-24-49(50)52)58-55(56-53)40-16-5-2-6-17-40/h1-36H. The Bertz CT molecular complexity index is 3260. The number of fused-ring (bicyclic) bond motifs is 6. The summed E-state index contributed by atoms with van der Waals surface area (Å²) < 4.78 is 6.41. The fourth-order valence-electron chi connectivity index (χ4n) is 8.47. The van der Waals surface area contributed by atoms with E-state index in [4.69, 9.17) is 9.40 Å². The Morgan fingerprint density at radius 2 is 0.845 bits per heavy atom. The SMILES string of the molecule is c1ccc(-c2cccc(N(c3ccc(-c4cc5ccccc5c5ccccc45)cc3)c3ccc(-c4cc5nc(-c6ccccc6)oc5c5ccccc45)cc3)c2)cc1. The van der Waals surface area contributed by atoms with Gasteiger partial charge < -0.3 is 9.32 Å². The van der Waals surface area contributed by atoms with E-state index in [1.807, 2.05) is 30.3 Å². The zero-order valence-electron chi connectivity index (χ0n) is 31.6. The summed E-state index contributed by atoms with van der Waals surface area (Å²) >= 11 is 0. The maximum Gasteiger partial charge on any atom is 0.227 e. The fraction of sp³-hybridized carbons (Fsp3) is 0. The largest absolute Gasteiger partial charge is 0.435 e. The number of oxazole rings is 1. The first kappa shape index (κ1) is 33.6. The van der Waals surface area contributed by atoms with Crippen molar-refractivity contribution in [2.75, 3.05) is 4.90 Å². The highest BCUT2D eigenvalue weighted by atomic mass is 16.3. The van der Waals surface area contributed by atoms with E-state index in [9.17, 15) is 0 Å². The fourth-order valence-corrected chi connectivity index (χ4v) is 8.47. The molecule has 0 N–H and O–H groups in total. The number of rotatable bonds is 7. The molecule has 0 unspecified atom stereocenters. The first-order valence-corrected chi connectivity index (χ1v) is 19.7. The zero-order valence-corrected chi connectivity index (χ0v) is 31.6. The highest BCUT2D eigenvalue weighted by molar-refractivity contribution is 6.14. The minimum Gasteiger partial charge on any atom is -0.435 e. The third-order valence-electron chi connectivity index (χ3n) is 11.3. The van der Waals surface area contributed by atoms with E-state index < -0.39 is 0 Å². The van der Waals surface area contributed by atoms with Crippen molar-refractivity contribution in [3.8, 4) is 44.8 Å². The molecular formula is C55H36N2O. The van der Waals surface area contributed by atoms with Crippen molar-refractivity contribution < 1.29 is 4.42 Å². The summed E-state index contributed by atoms with van der Waals surface area (Å²) in [6.45, 7) is 0. The lowest BCUT2D eigenvalue weighted by atomic mass is 9.93. The van der Waals surface area contributed by atoms with Crippen LogP contribution in [0.15, 0.2) is 223 Å². The first-order valence-electron chi connectivity index (χ1n) is 19.7. The lowest BCUT2D eigenvalue weighted by Gasteiger charge is -2.26. The van der Waals surface area contributed by atoms with Gasteiger partial charge >= 0.3 is 0 Å². The Labute approximate surface area is 336 Å². The normalized spacial score (nSPS) is 11.4. The number of hydrogen-bond donors (Lipinski definition) is 0. The molecule has 11 aromatic rings. The van der Waals surface area contributed by atoms with Crippen molar-refractivity contribution in [1.29, 1.82) is 0 Å². The van der Waals surface area contributed by atoms with Crippen LogP contribution in [-0.2, 0) is 0 Å². The van der Waals surface area contributed by atoms with Crippen LogP contribution in [0.4, 0.5) is 17.1 Å². The summed E-state index contributed by atoms with van der Waals surface area (Å²) in [6, 6.07) is 77.8. The molecule has 1 heterocycles. The van der Waals surface area contributed by atoms with Gasteiger partial charge in [0.1, 0.15) is 5.52 Å². The lowest BCUT2D eigenvalue weighted by molar-refractivity contribution is 0.623. The van der Waals surface area contributed by atoms with E-state index in [1.54, 1.807) is 0 Å². The third-order valence-corrected chi connectivity index (χ3v) is 11.3. The second-order valence-corrected chi connectivity index (χ2v) is 14.7. The van der Waals surface area contributed by atoms with Gasteiger partial charge in [-0.05, 0) is 121 Å². The van der Waals surface area contributed by atoms with Crippen LogP contribution in [0.5, 0.6) is 0 Å². The Balaban J connectivity index is 1.02. The molecule has 0 radical (unpaired) electrons. The van der Waals surface area contributed by atoms with Crippen LogP contribution >= 0.6 is 0 Å². The Morgan fingerprint density at radius 1 is 0.328 bits per heavy atom. The molecule has 58 heavy (non-hydrogen) atoms. The summed E-state index contributed by atoms with van der Waals surface area (Å²) in [5.74, 6) is 0.626. The summed E-state index contributed by atoms with van der Waals surface area (Å²) in [6.07, 6.45) is 0. The lowest BCUT2D eigenvalue weighted by Crippen LogP contribution is -2.10. The predicted octanol–water partition coefficient (Wildman–Crippen LogP) is 15.4. The second kappa shape index (κ2) is 14.1. The molecule has 272 valence electrons. The topological polar surface area (TPSA) is 29.3 Å². The number of aromatic nitrogens is 1. The molecule has 0 saturated carbocycles. The molecule has 3 nitrogen and oxygen atoms in total. The van der Waals surface area contributed by atoms with Crippen molar-refractivity contribution in [3.05, 3.63) is 218 Å². The van der Waals surface area contributed by atoms with Gasteiger partial charge in [0.25, 0.3) is 0 Å². The van der Waals surface area contributed by atoms with E-state index in [0.717, 1.165) is 55.6 Å². The molecule has 0 saturated heterocycles. The first-order chi connectivity index (χ1) is 28.7. The van der Waals surface area contributed by atoms with E-state index in [1.165, 1.54) is 43.8 Å². The van der Waals surface area contributed by atoms with Gasteiger partial charge in [-0.25, -0.2) is 4.98 Å². The summed E-state index contributed by atoms with van der Waals surface area (Å²) in [5.41, 5.74) is 12.8. The van der Waals surface area contributed by atoms with Crippen LogP contribution in [-0.4, -0.2) is 4.98 Å². The van der Waals surface area contributed by atoms with Crippen LogP contribution in [0.2, 0.25) is 0 Å². The number of hydrogen-bond acceptors (Lipinski definition) is 3. The molecule has 11 rings (SSSR count). The second-order valence-electron chi connectivity index (χ2n) is 14.7. The Morgan fingerprint density at radius 3 is 1.52 bits per heavy atom. The van der Waals surface area contributed by atoms with Gasteiger partial charge in [-0.1, -0.05) is 158 Å². The van der Waals surface area contributed by atoms with Crippen LogP contribution in [0, 0.1) is 0 Å². The average Bonchev–Trinajstić information content (AvgIpc) is 3.75. The molecule has 3 heteroatoms. The van der Waals surface area contributed by atoms with Crippen LogP contribution in [0.25, 0.3) is 88.3 Å². The maximum atomic E-state index is 6.41. The monoisotopic (exact) mass is 740 g/mol. The molecule has 0 spiro atoms. The minimum atomic E-state index is 0.626. The van der Waals surface area contributed by atoms with Gasteiger partial charge in [0.15, 0.2) is 5.58 Å². The van der Waals surface area contributed by atoms with E-state index in [0.29, 0.717) is 5.89 Å². The number of benzene rings is 10. The third kappa shape index (κ3) is 5.89. The van der Waals surface area contributed by atoms with Crippen LogP contribution in [0.1, 0.15) is 0 Å². The van der Waals surface area contributed by atoms with Gasteiger partial charge in [-0.15, -0.1) is 0 Å². The quantitative estimate of drug-likeness (QED) is 0.152. The van der Waals surface area contributed by atoms with E-state index in [2.05, 4.69) is 193 Å². The van der Waals surface area contributed by atoms with Crippen LogP contribution < -0.4 is 4.90 Å². The molecule has 0 fully saturated rings. The summed E-state index contributed by atoms with van der Waals surface area (Å²) in [5, 5.41) is 7.22. The summed E-state index contributed by atoms with van der Waals surface area (Å²) in [7, 11) is 0. The van der Waals surface area contributed by atoms with Gasteiger partial charge in [-0.3, -0.25) is 0 Å². The van der Waals surface area contributed by atoms with Gasteiger partial charge in [0.05, 0.1) is 0 Å². The Kier molecular flexibility index (Phi) is 8.15. The molecule has 0 atom stereocenters. The minimum absolute atomic E-state index is 0.626. The van der Waals surface area contributed by atoms with Crippen molar-refractivity contribution in [2.24, 2.45) is 0 Å². The van der Waals surface area contributed by atoms with Gasteiger partial charge in [0, 0.05) is 28.0 Å². The van der Waals surface area contributed by atoms with E-state index >= 15 is 0 Å². The number of anilines is 3. The van der Waals surface area contributed by atoms with Gasteiger partial charge in [0.2, 0.25) is 5.89 Å².